The number of oxime groups is 1. The lowest BCUT2D eigenvalue weighted by atomic mass is 10.3. The van der Waals surface area contributed by atoms with Crippen LogP contribution >= 0.6 is 0 Å². The molecule has 0 saturated heterocycles. The van der Waals surface area contributed by atoms with Gasteiger partial charge in [0.25, 0.3) is 0 Å². The van der Waals surface area contributed by atoms with Crippen molar-refractivity contribution in [3.05, 3.63) is 0 Å². The Bertz CT molecular complexity index is 231. The molecule has 1 heterocycles. The van der Waals surface area contributed by atoms with Crippen LogP contribution in [0.25, 0.3) is 0 Å². The number of rotatable bonds is 0. The van der Waals surface area contributed by atoms with Crippen molar-refractivity contribution < 1.29 is 5.21 Å². The zero-order valence-corrected chi connectivity index (χ0v) is 5.60. The van der Waals surface area contributed by atoms with E-state index in [2.05, 4.69) is 15.1 Å². The van der Waals surface area contributed by atoms with E-state index in [4.69, 9.17) is 22.4 Å². The second-order valence-corrected chi connectivity index (χ2v) is 1.89. The van der Waals surface area contributed by atoms with E-state index in [1.807, 2.05) is 0 Å². The lowest BCUT2D eigenvalue weighted by molar-refractivity contribution is 0.321. The highest BCUT2D eigenvalue weighted by Crippen LogP contribution is 1.94. The van der Waals surface area contributed by atoms with Crippen LogP contribution in [0, 0.1) is 0 Å². The largest absolute Gasteiger partial charge is 0.410 e. The van der Waals surface area contributed by atoms with E-state index >= 15 is 0 Å². The summed E-state index contributed by atoms with van der Waals surface area (Å²) in [7, 11) is 0. The lowest BCUT2D eigenvalue weighted by Crippen LogP contribution is -2.42. The van der Waals surface area contributed by atoms with E-state index in [0.717, 1.165) is 0 Å². The number of hydrogen-bond donors (Lipinski definition) is 4. The van der Waals surface area contributed by atoms with E-state index in [1.54, 1.807) is 0 Å². The summed E-state index contributed by atoms with van der Waals surface area (Å²) in [4.78, 5) is 7.20. The SMILES string of the molecule is NC1=NC(N)N=C(N)C1=NO. The van der Waals surface area contributed by atoms with E-state index in [9.17, 15) is 0 Å². The Morgan fingerprint density at radius 2 is 1.73 bits per heavy atom. The fraction of sp³-hybridized carbons (Fsp3) is 0.250. The third-order valence-electron chi connectivity index (χ3n) is 1.13. The molecule has 0 aromatic carbocycles. The van der Waals surface area contributed by atoms with Crippen molar-refractivity contribution in [2.75, 3.05) is 0 Å². The van der Waals surface area contributed by atoms with E-state index < -0.39 is 6.29 Å². The van der Waals surface area contributed by atoms with Crippen LogP contribution in [-0.4, -0.2) is 28.9 Å². The average Bonchev–Trinajstić information content (AvgIpc) is 1.85. The van der Waals surface area contributed by atoms with Crippen molar-refractivity contribution in [1.82, 2.24) is 0 Å². The first-order chi connectivity index (χ1) is 5.15. The van der Waals surface area contributed by atoms with Crippen LogP contribution in [0.3, 0.4) is 0 Å². The Balaban J connectivity index is 3.01. The van der Waals surface area contributed by atoms with Crippen LogP contribution < -0.4 is 17.2 Å². The summed E-state index contributed by atoms with van der Waals surface area (Å²) in [6.07, 6.45) is -0.791. The first kappa shape index (κ1) is 7.48. The Hall–Kier alpha value is -1.63. The maximum Gasteiger partial charge on any atom is 0.196 e. The van der Waals surface area contributed by atoms with Gasteiger partial charge in [0.1, 0.15) is 0 Å². The highest BCUT2D eigenvalue weighted by Gasteiger charge is 2.17. The third kappa shape index (κ3) is 1.27. The first-order valence-electron chi connectivity index (χ1n) is 2.80. The van der Waals surface area contributed by atoms with Gasteiger partial charge in [0.05, 0.1) is 0 Å². The summed E-state index contributed by atoms with van der Waals surface area (Å²) in [5.74, 6) is -0.0139. The molecule has 0 bridgehead atoms. The van der Waals surface area contributed by atoms with E-state index in [1.165, 1.54) is 0 Å². The number of nitrogens with two attached hydrogens (primary N) is 3. The molecule has 0 aromatic heterocycles. The number of aliphatic imine (C=N–C) groups is 2. The summed E-state index contributed by atoms with van der Waals surface area (Å²) in [5.41, 5.74) is 15.8. The molecular weight excluding hydrogens is 148 g/mol. The monoisotopic (exact) mass is 156 g/mol. The summed E-state index contributed by atoms with van der Waals surface area (Å²) >= 11 is 0. The molecule has 0 aromatic rings. The Kier molecular flexibility index (Phi) is 1.73. The molecule has 0 aliphatic carbocycles. The van der Waals surface area contributed by atoms with Gasteiger partial charge in [0.15, 0.2) is 23.7 Å². The molecule has 0 saturated carbocycles. The molecule has 0 unspecified atom stereocenters. The minimum atomic E-state index is -0.791. The highest BCUT2D eigenvalue weighted by molar-refractivity contribution is 6.67. The lowest BCUT2D eigenvalue weighted by Gasteiger charge is -2.11. The van der Waals surface area contributed by atoms with Crippen molar-refractivity contribution >= 4 is 17.4 Å². The quantitative estimate of drug-likeness (QED) is 0.233. The molecule has 0 fully saturated rings. The van der Waals surface area contributed by atoms with Crippen LogP contribution in [0.15, 0.2) is 15.1 Å². The molecule has 7 N–H and O–H groups in total. The number of nitrogens with zero attached hydrogens (tertiary/aromatic N) is 3. The van der Waals surface area contributed by atoms with E-state index in [-0.39, 0.29) is 17.4 Å². The normalized spacial score (nSPS) is 24.1. The van der Waals surface area contributed by atoms with Crippen LogP contribution in [0.2, 0.25) is 0 Å². The second-order valence-electron chi connectivity index (χ2n) is 1.89. The van der Waals surface area contributed by atoms with Crippen molar-refractivity contribution in [2.45, 2.75) is 6.29 Å². The number of hydrogen-bond acceptors (Lipinski definition) is 7. The molecule has 11 heavy (non-hydrogen) atoms. The van der Waals surface area contributed by atoms with Crippen molar-refractivity contribution in [1.29, 1.82) is 0 Å². The third-order valence-corrected chi connectivity index (χ3v) is 1.13. The van der Waals surface area contributed by atoms with Gasteiger partial charge in [0.2, 0.25) is 0 Å². The van der Waals surface area contributed by atoms with Gasteiger partial charge in [-0.25, -0.2) is 9.98 Å². The maximum absolute atomic E-state index is 8.34. The van der Waals surface area contributed by atoms with Crippen LogP contribution in [-0.2, 0) is 0 Å². The van der Waals surface area contributed by atoms with Crippen molar-refractivity contribution in [3.8, 4) is 0 Å². The zero-order valence-electron chi connectivity index (χ0n) is 5.60. The topological polar surface area (TPSA) is 135 Å². The van der Waals surface area contributed by atoms with Gasteiger partial charge in [-0.3, -0.25) is 5.73 Å². The fourth-order valence-electron chi connectivity index (χ4n) is 0.670. The van der Waals surface area contributed by atoms with Gasteiger partial charge < -0.3 is 16.7 Å². The molecule has 7 heteroatoms. The van der Waals surface area contributed by atoms with Gasteiger partial charge in [-0.2, -0.15) is 0 Å². The fourth-order valence-corrected chi connectivity index (χ4v) is 0.670. The second kappa shape index (κ2) is 2.54. The average molecular weight is 156 g/mol. The highest BCUT2D eigenvalue weighted by atomic mass is 16.4. The van der Waals surface area contributed by atoms with Gasteiger partial charge >= 0.3 is 0 Å². The van der Waals surface area contributed by atoms with Gasteiger partial charge in [0, 0.05) is 0 Å². The minimum absolute atomic E-state index is 0.00694. The standard InChI is InChI=1S/C4H8N6O/c5-2-1(10-11)3(6)9-4(7)8-2/h4,11H,7H2,(H2,5,8)(H2,6,9). The molecule has 1 rings (SSSR count). The van der Waals surface area contributed by atoms with Crippen LogP contribution in [0.4, 0.5) is 0 Å². The van der Waals surface area contributed by atoms with Crippen LogP contribution in [0.1, 0.15) is 0 Å². The summed E-state index contributed by atoms with van der Waals surface area (Å²) in [5, 5.41) is 11.1. The van der Waals surface area contributed by atoms with Crippen molar-refractivity contribution in [2.24, 2.45) is 32.3 Å². The molecule has 1 aliphatic rings. The van der Waals surface area contributed by atoms with Gasteiger partial charge in [-0.05, 0) is 0 Å². The molecule has 0 atom stereocenters. The predicted molar refractivity (Wildman–Crippen MR) is 40.4 cm³/mol. The van der Waals surface area contributed by atoms with E-state index in [0.29, 0.717) is 0 Å². The summed E-state index contributed by atoms with van der Waals surface area (Å²) < 4.78 is 0. The van der Waals surface area contributed by atoms with Gasteiger partial charge in [-0.1, -0.05) is 5.16 Å². The van der Waals surface area contributed by atoms with Crippen molar-refractivity contribution in [3.63, 3.8) is 0 Å². The summed E-state index contributed by atoms with van der Waals surface area (Å²) in [6, 6.07) is 0. The summed E-state index contributed by atoms with van der Waals surface area (Å²) in [6.45, 7) is 0. The minimum Gasteiger partial charge on any atom is -0.410 e. The Morgan fingerprint density at radius 1 is 1.27 bits per heavy atom. The molecular formula is C4H8N6O. The molecule has 0 radical (unpaired) electrons. The zero-order chi connectivity index (χ0) is 8.43. The molecule has 0 amide bonds. The molecule has 60 valence electrons. The van der Waals surface area contributed by atoms with Crippen LogP contribution in [0.5, 0.6) is 0 Å². The number of amidine groups is 2. The Morgan fingerprint density at radius 3 is 2.09 bits per heavy atom. The van der Waals surface area contributed by atoms with Gasteiger partial charge in [-0.15, -0.1) is 0 Å². The smallest absolute Gasteiger partial charge is 0.196 e. The Labute approximate surface area is 62.3 Å². The maximum atomic E-state index is 8.34. The molecule has 7 nitrogen and oxygen atoms in total. The molecule has 0 spiro atoms. The predicted octanol–water partition coefficient (Wildman–Crippen LogP) is -2.21. The first-order valence-corrected chi connectivity index (χ1v) is 2.80. The molecule has 1 aliphatic heterocycles.